The van der Waals surface area contributed by atoms with Gasteiger partial charge in [-0.1, -0.05) is 0 Å². The number of benzene rings is 1. The van der Waals surface area contributed by atoms with E-state index in [1.165, 1.54) is 4.88 Å². The zero-order valence-corrected chi connectivity index (χ0v) is 13.0. The van der Waals surface area contributed by atoms with Crippen molar-refractivity contribution in [3.63, 3.8) is 0 Å². The highest BCUT2D eigenvalue weighted by Gasteiger charge is 2.26. The van der Waals surface area contributed by atoms with Crippen LogP contribution in [0.25, 0.3) is 0 Å². The molecule has 0 radical (unpaired) electrons. The fourth-order valence-electron chi connectivity index (χ4n) is 2.96. The molecule has 2 aromatic rings. The molecule has 1 aliphatic carbocycles. The summed E-state index contributed by atoms with van der Waals surface area (Å²) in [6.45, 7) is 2.23. The van der Waals surface area contributed by atoms with Crippen molar-refractivity contribution in [2.45, 2.75) is 32.2 Å². The van der Waals surface area contributed by atoms with Crippen molar-refractivity contribution in [2.24, 2.45) is 0 Å². The number of carbonyl (C=O) groups excluding carboxylic acids is 1. The van der Waals surface area contributed by atoms with Crippen molar-refractivity contribution < 1.29 is 14.3 Å². The van der Waals surface area contributed by atoms with Gasteiger partial charge in [-0.2, -0.15) is 0 Å². The highest BCUT2D eigenvalue weighted by molar-refractivity contribution is 7.11. The molecule has 1 unspecified atom stereocenters. The lowest BCUT2D eigenvalue weighted by atomic mass is 9.97. The Morgan fingerprint density at radius 3 is 3.14 bits per heavy atom. The Hall–Kier alpha value is -2.08. The summed E-state index contributed by atoms with van der Waals surface area (Å²) < 4.78 is 10.6. The molecule has 1 aliphatic heterocycles. The molecular weight excluding hydrogens is 300 g/mol. The lowest BCUT2D eigenvalue weighted by Crippen LogP contribution is -2.30. The Bertz CT molecular complexity index is 741. The predicted octanol–water partition coefficient (Wildman–Crippen LogP) is 2.99. The first-order chi connectivity index (χ1) is 10.7. The van der Waals surface area contributed by atoms with E-state index >= 15 is 0 Å². The molecule has 1 aromatic heterocycles. The summed E-state index contributed by atoms with van der Waals surface area (Å²) in [6.07, 6.45) is 3.09. The first-order valence-electron chi connectivity index (χ1n) is 7.37. The van der Waals surface area contributed by atoms with E-state index in [1.807, 2.05) is 6.92 Å². The molecule has 2 aliphatic rings. The van der Waals surface area contributed by atoms with Crippen LogP contribution >= 0.6 is 11.3 Å². The second-order valence-corrected chi connectivity index (χ2v) is 6.82. The van der Waals surface area contributed by atoms with E-state index in [-0.39, 0.29) is 18.7 Å². The number of nitrogens with one attached hydrogen (secondary N) is 1. The SMILES string of the molecule is Cc1nc2c(s1)CCCC2NC(=O)c1ccc2c(c1)OCO2. The third-order valence-corrected chi connectivity index (χ3v) is 5.05. The van der Waals surface area contributed by atoms with Crippen LogP contribution in [0.3, 0.4) is 0 Å². The number of nitrogens with zero attached hydrogens (tertiary/aromatic N) is 1. The Labute approximate surface area is 132 Å². The summed E-state index contributed by atoms with van der Waals surface area (Å²) >= 11 is 1.73. The van der Waals surface area contributed by atoms with Gasteiger partial charge < -0.3 is 14.8 Å². The van der Waals surface area contributed by atoms with Crippen LogP contribution in [0.15, 0.2) is 18.2 Å². The molecule has 6 heteroatoms. The number of aromatic nitrogens is 1. The first-order valence-corrected chi connectivity index (χ1v) is 8.19. The average molecular weight is 316 g/mol. The number of aryl methyl sites for hydroxylation is 2. The van der Waals surface area contributed by atoms with Gasteiger partial charge in [0.2, 0.25) is 6.79 Å². The normalized spacial score (nSPS) is 18.9. The number of hydrogen-bond acceptors (Lipinski definition) is 5. The molecule has 1 N–H and O–H groups in total. The van der Waals surface area contributed by atoms with Gasteiger partial charge in [0.15, 0.2) is 11.5 Å². The van der Waals surface area contributed by atoms with Crippen molar-refractivity contribution in [3.8, 4) is 11.5 Å². The molecule has 0 spiro atoms. The summed E-state index contributed by atoms with van der Waals surface area (Å²) in [4.78, 5) is 18.4. The molecule has 1 amide bonds. The summed E-state index contributed by atoms with van der Waals surface area (Å²) in [5.41, 5.74) is 1.63. The average Bonchev–Trinajstić information content (AvgIpc) is 3.12. The first kappa shape index (κ1) is 13.6. The molecule has 0 saturated carbocycles. The van der Waals surface area contributed by atoms with Crippen LogP contribution in [0.4, 0.5) is 0 Å². The molecule has 0 bridgehead atoms. The largest absolute Gasteiger partial charge is 0.454 e. The summed E-state index contributed by atoms with van der Waals surface area (Å²) in [5.74, 6) is 1.22. The van der Waals surface area contributed by atoms with Gasteiger partial charge in [0.25, 0.3) is 5.91 Å². The number of rotatable bonds is 2. The van der Waals surface area contributed by atoms with E-state index in [0.717, 1.165) is 30.0 Å². The van der Waals surface area contributed by atoms with Crippen molar-refractivity contribution in [1.29, 1.82) is 0 Å². The topological polar surface area (TPSA) is 60.5 Å². The van der Waals surface area contributed by atoms with Crippen LogP contribution in [0.2, 0.25) is 0 Å². The van der Waals surface area contributed by atoms with E-state index in [9.17, 15) is 4.79 Å². The fraction of sp³-hybridized carbons (Fsp3) is 0.375. The molecule has 0 saturated heterocycles. The summed E-state index contributed by atoms with van der Waals surface area (Å²) in [5, 5.41) is 4.17. The van der Waals surface area contributed by atoms with E-state index in [4.69, 9.17) is 9.47 Å². The van der Waals surface area contributed by atoms with Crippen LogP contribution in [0, 0.1) is 6.92 Å². The molecule has 4 rings (SSSR count). The molecule has 2 heterocycles. The molecule has 1 atom stereocenters. The van der Waals surface area contributed by atoms with Crippen LogP contribution in [-0.4, -0.2) is 17.7 Å². The fourth-order valence-corrected chi connectivity index (χ4v) is 4.00. The van der Waals surface area contributed by atoms with E-state index in [0.29, 0.717) is 17.1 Å². The molecule has 5 nitrogen and oxygen atoms in total. The van der Waals surface area contributed by atoms with Gasteiger partial charge in [-0.15, -0.1) is 11.3 Å². The van der Waals surface area contributed by atoms with Crippen molar-refractivity contribution >= 4 is 17.2 Å². The minimum atomic E-state index is -0.0956. The second-order valence-electron chi connectivity index (χ2n) is 5.53. The van der Waals surface area contributed by atoms with Crippen molar-refractivity contribution in [3.05, 3.63) is 39.3 Å². The van der Waals surface area contributed by atoms with Gasteiger partial charge in [-0.05, 0) is 44.4 Å². The van der Waals surface area contributed by atoms with E-state index in [1.54, 1.807) is 29.5 Å². The molecule has 22 heavy (non-hydrogen) atoms. The highest BCUT2D eigenvalue weighted by atomic mass is 32.1. The molecular formula is C16H16N2O3S. The van der Waals surface area contributed by atoms with Crippen LogP contribution in [-0.2, 0) is 6.42 Å². The lowest BCUT2D eigenvalue weighted by Gasteiger charge is -2.22. The van der Waals surface area contributed by atoms with Crippen LogP contribution in [0.1, 0.15) is 44.8 Å². The van der Waals surface area contributed by atoms with Gasteiger partial charge in [0.05, 0.1) is 16.7 Å². The Morgan fingerprint density at radius 2 is 2.23 bits per heavy atom. The quantitative estimate of drug-likeness (QED) is 0.925. The van der Waals surface area contributed by atoms with Crippen LogP contribution in [0.5, 0.6) is 11.5 Å². The monoisotopic (exact) mass is 316 g/mol. The standard InChI is InChI=1S/C16H16N2O3S/c1-9-17-15-11(3-2-4-14(15)22-9)18-16(19)10-5-6-12-13(7-10)21-8-20-12/h5-7,11H,2-4,8H2,1H3,(H,18,19). The zero-order chi connectivity index (χ0) is 15.1. The highest BCUT2D eigenvalue weighted by Crippen LogP contribution is 2.35. The van der Waals surface area contributed by atoms with E-state index in [2.05, 4.69) is 10.3 Å². The third-order valence-electron chi connectivity index (χ3n) is 4.00. The number of carbonyl (C=O) groups is 1. The maximum absolute atomic E-state index is 12.5. The zero-order valence-electron chi connectivity index (χ0n) is 12.2. The minimum Gasteiger partial charge on any atom is -0.454 e. The summed E-state index contributed by atoms with van der Waals surface area (Å²) in [7, 11) is 0. The van der Waals surface area contributed by atoms with Crippen LogP contribution < -0.4 is 14.8 Å². The van der Waals surface area contributed by atoms with Gasteiger partial charge in [-0.25, -0.2) is 4.98 Å². The third kappa shape index (κ3) is 2.33. The van der Waals surface area contributed by atoms with Crippen molar-refractivity contribution in [2.75, 3.05) is 6.79 Å². The van der Waals surface area contributed by atoms with Crippen molar-refractivity contribution in [1.82, 2.24) is 10.3 Å². The maximum atomic E-state index is 12.5. The Kier molecular flexibility index (Phi) is 3.26. The lowest BCUT2D eigenvalue weighted by molar-refractivity contribution is 0.0931. The Balaban J connectivity index is 1.55. The second kappa shape index (κ2) is 5.28. The number of thiazole rings is 1. The molecule has 1 aromatic carbocycles. The predicted molar refractivity (Wildman–Crippen MR) is 82.6 cm³/mol. The Morgan fingerprint density at radius 1 is 1.36 bits per heavy atom. The number of amides is 1. The van der Waals surface area contributed by atoms with Gasteiger partial charge >= 0.3 is 0 Å². The number of hydrogen-bond donors (Lipinski definition) is 1. The molecule has 114 valence electrons. The summed E-state index contributed by atoms with van der Waals surface area (Å²) in [6, 6.07) is 5.27. The van der Waals surface area contributed by atoms with Gasteiger partial charge in [0, 0.05) is 10.4 Å². The smallest absolute Gasteiger partial charge is 0.251 e. The number of ether oxygens (including phenoxy) is 2. The molecule has 0 fully saturated rings. The maximum Gasteiger partial charge on any atom is 0.251 e. The number of fused-ring (bicyclic) bond motifs is 2. The minimum absolute atomic E-state index is 0.00613. The van der Waals surface area contributed by atoms with Gasteiger partial charge in [0.1, 0.15) is 0 Å². The van der Waals surface area contributed by atoms with E-state index < -0.39 is 0 Å². The van der Waals surface area contributed by atoms with Gasteiger partial charge in [-0.3, -0.25) is 4.79 Å².